The summed E-state index contributed by atoms with van der Waals surface area (Å²) in [6.07, 6.45) is 10.9. The number of halogens is 1. The highest BCUT2D eigenvalue weighted by atomic mass is 19.1. The van der Waals surface area contributed by atoms with E-state index in [1.807, 2.05) is 6.07 Å². The largest absolute Gasteiger partial charge is 0.483 e. The summed E-state index contributed by atoms with van der Waals surface area (Å²) in [5, 5.41) is 21.0. The smallest absolute Gasteiger partial charge is 0.290 e. The second kappa shape index (κ2) is 13.5. The highest BCUT2D eigenvalue weighted by Crippen LogP contribution is 2.42. The number of carbonyl (C=O) groups excluding carboxylic acids is 1. The van der Waals surface area contributed by atoms with Gasteiger partial charge in [-0.25, -0.2) is 14.4 Å². The van der Waals surface area contributed by atoms with E-state index in [2.05, 4.69) is 30.2 Å². The average Bonchev–Trinajstić information content (AvgIpc) is 3.38. The first-order chi connectivity index (χ1) is 17.5. The number of anilines is 1. The van der Waals surface area contributed by atoms with Crippen molar-refractivity contribution in [2.75, 3.05) is 31.1 Å². The van der Waals surface area contributed by atoms with Gasteiger partial charge < -0.3 is 20.4 Å². The molecule has 3 fully saturated rings. The second-order valence-corrected chi connectivity index (χ2v) is 8.94. The van der Waals surface area contributed by atoms with Gasteiger partial charge in [-0.15, -0.1) is 0 Å². The maximum atomic E-state index is 14.4. The molecule has 3 aliphatic rings. The van der Waals surface area contributed by atoms with Crippen LogP contribution in [0.15, 0.2) is 31.0 Å². The Bertz CT molecular complexity index is 974. The summed E-state index contributed by atoms with van der Waals surface area (Å²) in [5.74, 6) is 0.906. The van der Waals surface area contributed by atoms with Gasteiger partial charge in [0.15, 0.2) is 11.6 Å². The standard InChI is InChI=1S/C21H28FN7O.2CH2O2/c22-17-9-23-14-25-21(17)27-11-15-8-16(12-27)19(29-7-2-1-4-18(15)29)10-24-20(30)13-28-6-3-5-26-28;2*2-1-3/h3,5-6,9,14-16,18-19H,1-2,4,7-8,10-13H2,(H,24,30);2*1H,(H,2,3)/t15-,16+,18+,19+;;/m1../s1. The van der Waals surface area contributed by atoms with Gasteiger partial charge in [0.05, 0.1) is 6.20 Å². The summed E-state index contributed by atoms with van der Waals surface area (Å²) in [6.45, 7) is 3.03. The van der Waals surface area contributed by atoms with E-state index in [1.54, 1.807) is 17.1 Å². The molecule has 5 rings (SSSR count). The lowest BCUT2D eigenvalue weighted by Crippen LogP contribution is -2.66. The highest BCUT2D eigenvalue weighted by Gasteiger charge is 2.47. The SMILES string of the molecule is O=C(Cn1cccn1)NC[C@H]1[C@H]2C[C@H](CN(c3ncncc3F)C2)[C@@H]2CCCCN21.O=CO.O=CO. The van der Waals surface area contributed by atoms with E-state index >= 15 is 0 Å². The molecule has 3 aliphatic heterocycles. The van der Waals surface area contributed by atoms with E-state index in [9.17, 15) is 9.18 Å². The van der Waals surface area contributed by atoms with Crippen LogP contribution in [0.2, 0.25) is 0 Å². The van der Waals surface area contributed by atoms with E-state index in [-0.39, 0.29) is 37.3 Å². The van der Waals surface area contributed by atoms with Gasteiger partial charge >= 0.3 is 0 Å². The van der Waals surface area contributed by atoms with Crippen molar-refractivity contribution in [2.45, 2.75) is 44.3 Å². The van der Waals surface area contributed by atoms with Crippen molar-refractivity contribution in [2.24, 2.45) is 11.8 Å². The molecule has 0 aliphatic carbocycles. The molecule has 0 spiro atoms. The monoisotopic (exact) mass is 505 g/mol. The van der Waals surface area contributed by atoms with Gasteiger partial charge in [0.1, 0.15) is 12.9 Å². The molecule has 13 heteroatoms. The molecule has 5 heterocycles. The van der Waals surface area contributed by atoms with E-state index in [4.69, 9.17) is 19.8 Å². The number of hydrogen-bond acceptors (Lipinski definition) is 8. The number of aromatic nitrogens is 4. The topological polar surface area (TPSA) is 154 Å². The third kappa shape index (κ3) is 6.74. The lowest BCUT2D eigenvalue weighted by Gasteiger charge is -2.57. The third-order valence-electron chi connectivity index (χ3n) is 6.94. The number of nitrogens with zero attached hydrogens (tertiary/aromatic N) is 6. The number of amides is 1. The van der Waals surface area contributed by atoms with E-state index < -0.39 is 0 Å². The fraction of sp³-hybridized carbons (Fsp3) is 0.565. The molecule has 3 N–H and O–H groups in total. The van der Waals surface area contributed by atoms with Crippen LogP contribution < -0.4 is 10.2 Å². The fourth-order valence-corrected chi connectivity index (χ4v) is 5.72. The van der Waals surface area contributed by atoms with Crippen LogP contribution in [0, 0.1) is 17.7 Å². The van der Waals surface area contributed by atoms with Gasteiger partial charge in [-0.2, -0.15) is 5.10 Å². The minimum absolute atomic E-state index is 0.0242. The van der Waals surface area contributed by atoms with Gasteiger partial charge in [-0.05, 0) is 43.7 Å². The van der Waals surface area contributed by atoms with Crippen LogP contribution in [0.3, 0.4) is 0 Å². The summed E-state index contributed by atoms with van der Waals surface area (Å²) in [7, 11) is 0. The molecule has 0 saturated carbocycles. The van der Waals surface area contributed by atoms with Crippen LogP contribution in [-0.4, -0.2) is 92.0 Å². The molecular formula is C23H32FN7O5. The zero-order valence-electron chi connectivity index (χ0n) is 19.9. The summed E-state index contributed by atoms with van der Waals surface area (Å²) in [6, 6.07) is 2.58. The van der Waals surface area contributed by atoms with Crippen LogP contribution in [-0.2, 0) is 20.9 Å². The van der Waals surface area contributed by atoms with Crippen molar-refractivity contribution in [3.63, 3.8) is 0 Å². The number of piperidine rings is 3. The molecule has 0 unspecified atom stereocenters. The first-order valence-corrected chi connectivity index (χ1v) is 11.9. The lowest BCUT2D eigenvalue weighted by molar-refractivity contribution is -0.123. The predicted octanol–water partition coefficient (Wildman–Crippen LogP) is 0.709. The Morgan fingerprint density at radius 1 is 1.19 bits per heavy atom. The molecule has 1 amide bonds. The van der Waals surface area contributed by atoms with Crippen LogP contribution in [0.25, 0.3) is 0 Å². The molecule has 4 atom stereocenters. The number of carbonyl (C=O) groups is 3. The molecule has 3 saturated heterocycles. The molecule has 2 bridgehead atoms. The maximum Gasteiger partial charge on any atom is 0.290 e. The third-order valence-corrected chi connectivity index (χ3v) is 6.94. The summed E-state index contributed by atoms with van der Waals surface area (Å²) in [5.41, 5.74) is 0. The number of hydrogen-bond donors (Lipinski definition) is 3. The van der Waals surface area contributed by atoms with Crippen molar-refractivity contribution in [1.82, 2.24) is 30.0 Å². The van der Waals surface area contributed by atoms with Gasteiger partial charge in [0.25, 0.3) is 12.9 Å². The van der Waals surface area contributed by atoms with Crippen molar-refractivity contribution >= 4 is 24.7 Å². The minimum atomic E-state index is -0.359. The molecule has 36 heavy (non-hydrogen) atoms. The normalized spacial score (nSPS) is 24.6. The molecule has 2 aromatic heterocycles. The number of nitrogens with one attached hydrogen (secondary N) is 1. The Labute approximate surface area is 208 Å². The van der Waals surface area contributed by atoms with E-state index in [1.165, 1.54) is 31.8 Å². The van der Waals surface area contributed by atoms with Gasteiger partial charge in [-0.1, -0.05) is 6.42 Å². The number of carboxylic acid groups (broad SMARTS) is 2. The zero-order chi connectivity index (χ0) is 25.9. The Morgan fingerprint density at radius 3 is 2.64 bits per heavy atom. The quantitative estimate of drug-likeness (QED) is 0.495. The summed E-state index contributed by atoms with van der Waals surface area (Å²) in [4.78, 5) is 41.9. The molecule has 2 aromatic rings. The Hall–Kier alpha value is -3.61. The van der Waals surface area contributed by atoms with Gasteiger partial charge in [0, 0.05) is 44.1 Å². The summed E-state index contributed by atoms with van der Waals surface area (Å²) >= 11 is 0. The first kappa shape index (κ1) is 27.0. The average molecular weight is 506 g/mol. The molecular weight excluding hydrogens is 473 g/mol. The molecule has 196 valence electrons. The van der Waals surface area contributed by atoms with Crippen molar-refractivity contribution in [3.8, 4) is 0 Å². The van der Waals surface area contributed by atoms with Crippen LogP contribution in [0.5, 0.6) is 0 Å². The van der Waals surface area contributed by atoms with Gasteiger partial charge in [0.2, 0.25) is 5.91 Å². The fourth-order valence-electron chi connectivity index (χ4n) is 5.72. The van der Waals surface area contributed by atoms with Gasteiger partial charge in [-0.3, -0.25) is 24.0 Å². The predicted molar refractivity (Wildman–Crippen MR) is 127 cm³/mol. The highest BCUT2D eigenvalue weighted by molar-refractivity contribution is 5.75. The van der Waals surface area contributed by atoms with Crippen LogP contribution in [0.4, 0.5) is 10.2 Å². The van der Waals surface area contributed by atoms with Crippen molar-refractivity contribution in [1.29, 1.82) is 0 Å². The van der Waals surface area contributed by atoms with Crippen LogP contribution in [0.1, 0.15) is 25.7 Å². The maximum absolute atomic E-state index is 14.4. The zero-order valence-corrected chi connectivity index (χ0v) is 19.9. The number of fused-ring (bicyclic) bond motifs is 4. The molecule has 0 radical (unpaired) electrons. The van der Waals surface area contributed by atoms with Crippen LogP contribution >= 0.6 is 0 Å². The lowest BCUT2D eigenvalue weighted by atomic mass is 9.72. The van der Waals surface area contributed by atoms with Crippen molar-refractivity contribution < 1.29 is 29.0 Å². The van der Waals surface area contributed by atoms with E-state index in [0.717, 1.165) is 26.1 Å². The molecule has 0 aromatic carbocycles. The van der Waals surface area contributed by atoms with E-state index in [0.29, 0.717) is 30.2 Å². The first-order valence-electron chi connectivity index (χ1n) is 11.9. The Balaban J connectivity index is 0.000000550. The Morgan fingerprint density at radius 2 is 1.94 bits per heavy atom. The molecule has 12 nitrogen and oxygen atoms in total. The Kier molecular flexibility index (Phi) is 10.1. The summed E-state index contributed by atoms with van der Waals surface area (Å²) < 4.78 is 16.0. The second-order valence-electron chi connectivity index (χ2n) is 8.94. The minimum Gasteiger partial charge on any atom is -0.483 e. The van der Waals surface area contributed by atoms with Crippen molar-refractivity contribution in [3.05, 3.63) is 36.8 Å². The number of rotatable bonds is 5.